The van der Waals surface area contributed by atoms with E-state index in [0.717, 1.165) is 0 Å². The molecule has 6 heteroatoms. The molecule has 0 aliphatic heterocycles. The zero-order valence-electron chi connectivity index (χ0n) is 9.93. The minimum absolute atomic E-state index is 0.0409. The van der Waals surface area contributed by atoms with Gasteiger partial charge in [0.2, 0.25) is 0 Å². The molecule has 2 aromatic rings. The molecule has 0 spiro atoms. The van der Waals surface area contributed by atoms with Crippen LogP contribution in [0.1, 0.15) is 5.56 Å². The molecular weight excluding hydrogens is 245 g/mol. The summed E-state index contributed by atoms with van der Waals surface area (Å²) in [7, 11) is -1.61. The summed E-state index contributed by atoms with van der Waals surface area (Å²) in [4.78, 5) is 4.10. The second-order valence-corrected chi connectivity index (χ2v) is 3.93. The van der Waals surface area contributed by atoms with E-state index in [4.69, 9.17) is 5.11 Å². The highest BCUT2D eigenvalue weighted by Gasteiger charge is 2.14. The van der Waals surface area contributed by atoms with Crippen LogP contribution in [0.3, 0.4) is 0 Å². The number of phenolic OH excluding ortho intramolecular Hbond substituents is 2. The van der Waals surface area contributed by atoms with Crippen molar-refractivity contribution in [1.82, 2.24) is 0 Å². The zero-order chi connectivity index (χ0) is 13.8. The van der Waals surface area contributed by atoms with Crippen LogP contribution in [0, 0.1) is 0 Å². The minimum Gasteiger partial charge on any atom is -0.508 e. The van der Waals surface area contributed by atoms with Gasteiger partial charge in [-0.25, -0.2) is 0 Å². The van der Waals surface area contributed by atoms with Crippen LogP contribution in [0.5, 0.6) is 11.5 Å². The van der Waals surface area contributed by atoms with Gasteiger partial charge in [-0.15, -0.1) is 0 Å². The summed E-state index contributed by atoms with van der Waals surface area (Å²) in [6.07, 6.45) is 1.38. The van der Waals surface area contributed by atoms with Crippen LogP contribution in [0.2, 0.25) is 0 Å². The van der Waals surface area contributed by atoms with E-state index in [1.807, 2.05) is 0 Å². The zero-order valence-corrected chi connectivity index (χ0v) is 9.93. The number of para-hydroxylation sites is 1. The molecule has 5 nitrogen and oxygen atoms in total. The summed E-state index contributed by atoms with van der Waals surface area (Å²) in [5, 5.41) is 37.2. The van der Waals surface area contributed by atoms with Gasteiger partial charge in [0.15, 0.2) is 0 Å². The quantitative estimate of drug-likeness (QED) is 0.476. The van der Waals surface area contributed by atoms with Crippen molar-refractivity contribution < 1.29 is 20.3 Å². The molecule has 0 bridgehead atoms. The monoisotopic (exact) mass is 257 g/mol. The third kappa shape index (κ3) is 3.12. The Kier molecular flexibility index (Phi) is 3.84. The van der Waals surface area contributed by atoms with Gasteiger partial charge in [-0.2, -0.15) is 0 Å². The van der Waals surface area contributed by atoms with Crippen molar-refractivity contribution >= 4 is 24.5 Å². The highest BCUT2D eigenvalue weighted by Crippen LogP contribution is 2.21. The summed E-state index contributed by atoms with van der Waals surface area (Å²) in [5.41, 5.74) is 1.09. The highest BCUT2D eigenvalue weighted by molar-refractivity contribution is 6.60. The molecule has 4 N–H and O–H groups in total. The second-order valence-electron chi connectivity index (χ2n) is 3.93. The summed E-state index contributed by atoms with van der Waals surface area (Å²) >= 11 is 0. The summed E-state index contributed by atoms with van der Waals surface area (Å²) < 4.78 is 0. The summed E-state index contributed by atoms with van der Waals surface area (Å²) in [6, 6.07) is 10.7. The van der Waals surface area contributed by atoms with Gasteiger partial charge in [-0.3, -0.25) is 4.99 Å². The first kappa shape index (κ1) is 13.1. The van der Waals surface area contributed by atoms with E-state index < -0.39 is 7.12 Å². The van der Waals surface area contributed by atoms with E-state index in [9.17, 15) is 15.2 Å². The first-order valence-corrected chi connectivity index (χ1v) is 5.59. The van der Waals surface area contributed by atoms with Gasteiger partial charge < -0.3 is 20.3 Å². The molecule has 0 saturated heterocycles. The maximum Gasteiger partial charge on any atom is 0.490 e. The fourth-order valence-electron chi connectivity index (χ4n) is 1.60. The largest absolute Gasteiger partial charge is 0.508 e. The standard InChI is InChI=1S/C13H12BNO4/c16-10-6-5-9(13(17)7-10)8-15-12-4-2-1-3-11(12)14(18)19/h1-8,16-19H. The maximum atomic E-state index is 9.60. The van der Waals surface area contributed by atoms with Crippen LogP contribution in [-0.2, 0) is 0 Å². The lowest BCUT2D eigenvalue weighted by molar-refractivity contribution is 0.426. The molecule has 19 heavy (non-hydrogen) atoms. The fourth-order valence-corrected chi connectivity index (χ4v) is 1.60. The van der Waals surface area contributed by atoms with E-state index in [1.165, 1.54) is 24.4 Å². The first-order valence-electron chi connectivity index (χ1n) is 5.59. The van der Waals surface area contributed by atoms with E-state index in [-0.39, 0.29) is 17.0 Å². The fraction of sp³-hybridized carbons (Fsp3) is 0. The van der Waals surface area contributed by atoms with Crippen LogP contribution in [0.4, 0.5) is 5.69 Å². The maximum absolute atomic E-state index is 9.60. The van der Waals surface area contributed by atoms with E-state index >= 15 is 0 Å². The molecule has 0 radical (unpaired) electrons. The average molecular weight is 257 g/mol. The topological polar surface area (TPSA) is 93.3 Å². The Morgan fingerprint density at radius 3 is 2.42 bits per heavy atom. The highest BCUT2D eigenvalue weighted by atomic mass is 16.4. The minimum atomic E-state index is -1.61. The van der Waals surface area contributed by atoms with Crippen molar-refractivity contribution in [3.63, 3.8) is 0 Å². The van der Waals surface area contributed by atoms with Crippen LogP contribution in [0.15, 0.2) is 47.5 Å². The molecule has 0 heterocycles. The van der Waals surface area contributed by atoms with Gasteiger partial charge in [0.05, 0.1) is 5.69 Å². The first-order chi connectivity index (χ1) is 9.08. The molecule has 2 rings (SSSR count). The number of hydrogen-bond donors (Lipinski definition) is 4. The average Bonchev–Trinajstić information content (AvgIpc) is 2.38. The number of aliphatic imine (C=N–C) groups is 1. The Morgan fingerprint density at radius 1 is 1.00 bits per heavy atom. The van der Waals surface area contributed by atoms with E-state index in [1.54, 1.807) is 24.3 Å². The predicted octanol–water partition coefficient (Wildman–Crippen LogP) is 0.528. The Labute approximate surface area is 110 Å². The number of phenols is 2. The van der Waals surface area contributed by atoms with Crippen molar-refractivity contribution in [1.29, 1.82) is 0 Å². The lowest BCUT2D eigenvalue weighted by atomic mass is 9.79. The number of aromatic hydroxyl groups is 2. The molecule has 0 aliphatic rings. The molecule has 0 atom stereocenters. The molecule has 0 fully saturated rings. The second kappa shape index (κ2) is 5.56. The number of nitrogens with zero attached hydrogens (tertiary/aromatic N) is 1. The van der Waals surface area contributed by atoms with Gasteiger partial charge in [0.25, 0.3) is 0 Å². The molecular formula is C13H12BNO4. The van der Waals surface area contributed by atoms with Crippen LogP contribution in [-0.4, -0.2) is 33.6 Å². The van der Waals surface area contributed by atoms with Gasteiger partial charge in [-0.1, -0.05) is 18.2 Å². The SMILES string of the molecule is OB(O)c1ccccc1N=Cc1ccc(O)cc1O. The Bertz CT molecular complexity index is 613. The molecule has 0 saturated carbocycles. The lowest BCUT2D eigenvalue weighted by Gasteiger charge is -2.04. The smallest absolute Gasteiger partial charge is 0.490 e. The van der Waals surface area contributed by atoms with Gasteiger partial charge in [0, 0.05) is 23.3 Å². The molecule has 0 unspecified atom stereocenters. The number of benzene rings is 2. The van der Waals surface area contributed by atoms with Crippen LogP contribution < -0.4 is 5.46 Å². The van der Waals surface area contributed by atoms with Crippen molar-refractivity contribution in [2.45, 2.75) is 0 Å². The third-order valence-electron chi connectivity index (χ3n) is 2.57. The van der Waals surface area contributed by atoms with Crippen molar-refractivity contribution in [2.75, 3.05) is 0 Å². The third-order valence-corrected chi connectivity index (χ3v) is 2.57. The van der Waals surface area contributed by atoms with E-state index in [0.29, 0.717) is 11.3 Å². The number of rotatable bonds is 3. The molecule has 96 valence electrons. The Hall–Kier alpha value is -2.31. The van der Waals surface area contributed by atoms with Gasteiger partial charge >= 0.3 is 7.12 Å². The molecule has 0 amide bonds. The van der Waals surface area contributed by atoms with Crippen molar-refractivity contribution in [3.05, 3.63) is 48.0 Å². The molecule has 2 aromatic carbocycles. The summed E-state index contributed by atoms with van der Waals surface area (Å²) in [6.45, 7) is 0. The molecule has 0 aromatic heterocycles. The number of hydrogen-bond acceptors (Lipinski definition) is 5. The van der Waals surface area contributed by atoms with Crippen LogP contribution >= 0.6 is 0 Å². The van der Waals surface area contributed by atoms with Crippen LogP contribution in [0.25, 0.3) is 0 Å². The molecule has 0 aliphatic carbocycles. The van der Waals surface area contributed by atoms with Gasteiger partial charge in [0.1, 0.15) is 11.5 Å². The normalized spacial score (nSPS) is 10.8. The van der Waals surface area contributed by atoms with E-state index in [2.05, 4.69) is 4.99 Å². The predicted molar refractivity (Wildman–Crippen MR) is 73.3 cm³/mol. The Morgan fingerprint density at radius 2 is 1.74 bits per heavy atom. The van der Waals surface area contributed by atoms with Gasteiger partial charge in [-0.05, 0) is 18.2 Å². The Balaban J connectivity index is 2.33. The van der Waals surface area contributed by atoms with Crippen molar-refractivity contribution in [3.8, 4) is 11.5 Å². The summed E-state index contributed by atoms with van der Waals surface area (Å²) in [5.74, 6) is -0.147. The van der Waals surface area contributed by atoms with Crippen molar-refractivity contribution in [2.24, 2.45) is 4.99 Å². The lowest BCUT2D eigenvalue weighted by Crippen LogP contribution is -2.29.